The Morgan fingerprint density at radius 3 is 2.67 bits per heavy atom. The summed E-state index contributed by atoms with van der Waals surface area (Å²) in [5, 5.41) is 3.21. The molecule has 0 bridgehead atoms. The van der Waals surface area contributed by atoms with Crippen LogP contribution in [0.15, 0.2) is 12.4 Å². The zero-order valence-corrected chi connectivity index (χ0v) is 12.7. The zero-order valence-electron chi connectivity index (χ0n) is 11.8. The second-order valence-corrected chi connectivity index (χ2v) is 6.09. The highest BCUT2D eigenvalue weighted by molar-refractivity contribution is 7.80. The Kier molecular flexibility index (Phi) is 5.72. The molecule has 0 unspecified atom stereocenters. The first kappa shape index (κ1) is 15.1. The van der Waals surface area contributed by atoms with Crippen LogP contribution in [0, 0.1) is 5.41 Å². The van der Waals surface area contributed by atoms with E-state index in [4.69, 9.17) is 0 Å². The van der Waals surface area contributed by atoms with Gasteiger partial charge in [-0.15, -0.1) is 0 Å². The first-order valence-corrected chi connectivity index (χ1v) is 6.93. The van der Waals surface area contributed by atoms with Gasteiger partial charge in [-0.1, -0.05) is 20.8 Å². The Morgan fingerprint density at radius 1 is 1.33 bits per heavy atom. The van der Waals surface area contributed by atoms with Gasteiger partial charge in [0.15, 0.2) is 0 Å². The Bertz CT molecular complexity index is 362. The van der Waals surface area contributed by atoms with Crippen LogP contribution in [0.1, 0.15) is 27.2 Å². The molecule has 18 heavy (non-hydrogen) atoms. The highest BCUT2D eigenvalue weighted by Crippen LogP contribution is 2.20. The minimum atomic E-state index is 0.342. The molecule has 0 radical (unpaired) electrons. The minimum absolute atomic E-state index is 0.342. The van der Waals surface area contributed by atoms with Crippen molar-refractivity contribution in [1.29, 1.82) is 0 Å². The van der Waals surface area contributed by atoms with Gasteiger partial charge in [-0.2, -0.15) is 12.6 Å². The smallest absolute Gasteiger partial charge is 0.133 e. The number of hydrogen-bond donors (Lipinski definition) is 2. The van der Waals surface area contributed by atoms with Gasteiger partial charge >= 0.3 is 0 Å². The fourth-order valence-corrected chi connectivity index (χ4v) is 1.57. The van der Waals surface area contributed by atoms with E-state index in [1.165, 1.54) is 0 Å². The van der Waals surface area contributed by atoms with Crippen molar-refractivity contribution in [3.63, 3.8) is 0 Å². The maximum Gasteiger partial charge on any atom is 0.133 e. The molecule has 0 saturated heterocycles. The van der Waals surface area contributed by atoms with Gasteiger partial charge in [-0.05, 0) is 11.8 Å². The van der Waals surface area contributed by atoms with Gasteiger partial charge in [0, 0.05) is 32.0 Å². The molecule has 0 spiro atoms. The third kappa shape index (κ3) is 5.58. The molecule has 0 aromatic carbocycles. The quantitative estimate of drug-likeness (QED) is 0.778. The van der Waals surface area contributed by atoms with Gasteiger partial charge in [0.2, 0.25) is 0 Å². The maximum absolute atomic E-state index is 4.30. The van der Waals surface area contributed by atoms with Crippen LogP contribution < -0.4 is 10.2 Å². The monoisotopic (exact) mass is 268 g/mol. The SMILES string of the molecule is CN(CCC(C)(C)C)c1cc(NCCS)ncn1. The standard InChI is InChI=1S/C13H24N4S/c1-13(2,3)5-7-17(4)12-9-11(14-6-8-18)15-10-16-12/h9-10,18H,5-8H2,1-4H3,(H,14,15,16). The van der Waals surface area contributed by atoms with Crippen molar-refractivity contribution in [3.8, 4) is 0 Å². The molecule has 1 N–H and O–H groups in total. The summed E-state index contributed by atoms with van der Waals surface area (Å²) in [5.41, 5.74) is 0.342. The van der Waals surface area contributed by atoms with Crippen LogP contribution in [0.4, 0.5) is 11.6 Å². The molecule has 0 aliphatic rings. The predicted octanol–water partition coefficient (Wildman–Crippen LogP) is 2.69. The Labute approximate surface area is 116 Å². The lowest BCUT2D eigenvalue weighted by molar-refractivity contribution is 0.381. The van der Waals surface area contributed by atoms with Gasteiger partial charge in [0.25, 0.3) is 0 Å². The van der Waals surface area contributed by atoms with Gasteiger partial charge < -0.3 is 10.2 Å². The highest BCUT2D eigenvalue weighted by atomic mass is 32.1. The fourth-order valence-electron chi connectivity index (χ4n) is 1.45. The molecule has 1 aromatic heterocycles. The summed E-state index contributed by atoms with van der Waals surface area (Å²) in [5.74, 6) is 2.60. The molecule has 0 aliphatic carbocycles. The van der Waals surface area contributed by atoms with Crippen molar-refractivity contribution in [3.05, 3.63) is 12.4 Å². The summed E-state index contributed by atoms with van der Waals surface area (Å²) in [6.07, 6.45) is 2.73. The van der Waals surface area contributed by atoms with Crippen molar-refractivity contribution >= 4 is 24.3 Å². The van der Waals surface area contributed by atoms with E-state index in [0.717, 1.165) is 36.9 Å². The number of nitrogens with one attached hydrogen (secondary N) is 1. The van der Waals surface area contributed by atoms with E-state index in [1.54, 1.807) is 6.33 Å². The molecule has 0 atom stereocenters. The van der Waals surface area contributed by atoms with E-state index in [0.29, 0.717) is 5.41 Å². The molecule has 0 aliphatic heterocycles. The topological polar surface area (TPSA) is 41.0 Å². The van der Waals surface area contributed by atoms with E-state index in [-0.39, 0.29) is 0 Å². The van der Waals surface area contributed by atoms with Crippen molar-refractivity contribution in [2.75, 3.05) is 36.1 Å². The third-order valence-corrected chi connectivity index (χ3v) is 2.88. The van der Waals surface area contributed by atoms with Crippen LogP contribution in [-0.4, -0.2) is 35.9 Å². The molecule has 0 fully saturated rings. The maximum atomic E-state index is 4.30. The average molecular weight is 268 g/mol. The van der Waals surface area contributed by atoms with E-state index in [9.17, 15) is 0 Å². The van der Waals surface area contributed by atoms with Gasteiger partial charge in [-0.25, -0.2) is 9.97 Å². The van der Waals surface area contributed by atoms with E-state index in [2.05, 4.69) is 60.6 Å². The molecular formula is C13H24N4S. The summed E-state index contributed by atoms with van der Waals surface area (Å²) in [4.78, 5) is 10.7. The molecule has 5 heteroatoms. The van der Waals surface area contributed by atoms with E-state index in [1.807, 2.05) is 6.07 Å². The number of hydrogen-bond acceptors (Lipinski definition) is 5. The normalized spacial score (nSPS) is 11.4. The molecule has 1 aromatic rings. The fraction of sp³-hybridized carbons (Fsp3) is 0.692. The summed E-state index contributed by atoms with van der Waals surface area (Å²) in [6.45, 7) is 8.55. The summed E-state index contributed by atoms with van der Waals surface area (Å²) < 4.78 is 0. The molecule has 102 valence electrons. The lowest BCUT2D eigenvalue weighted by Gasteiger charge is -2.24. The van der Waals surface area contributed by atoms with Gasteiger partial charge in [0.05, 0.1) is 0 Å². The molecule has 0 amide bonds. The zero-order chi connectivity index (χ0) is 13.6. The second kappa shape index (κ2) is 6.83. The van der Waals surface area contributed by atoms with Crippen molar-refractivity contribution < 1.29 is 0 Å². The van der Waals surface area contributed by atoms with Crippen molar-refractivity contribution in [2.45, 2.75) is 27.2 Å². The number of aromatic nitrogens is 2. The Hall–Kier alpha value is -0.970. The molecule has 4 nitrogen and oxygen atoms in total. The number of rotatable bonds is 6. The second-order valence-electron chi connectivity index (χ2n) is 5.64. The van der Waals surface area contributed by atoms with Crippen LogP contribution in [0.25, 0.3) is 0 Å². The summed E-state index contributed by atoms with van der Waals surface area (Å²) >= 11 is 4.17. The van der Waals surface area contributed by atoms with Crippen LogP contribution in [0.5, 0.6) is 0 Å². The van der Waals surface area contributed by atoms with Crippen LogP contribution in [0.3, 0.4) is 0 Å². The van der Waals surface area contributed by atoms with Gasteiger partial charge in [0.1, 0.15) is 18.0 Å². The largest absolute Gasteiger partial charge is 0.369 e. The average Bonchev–Trinajstić information content (AvgIpc) is 2.33. The first-order chi connectivity index (χ1) is 8.42. The minimum Gasteiger partial charge on any atom is -0.369 e. The van der Waals surface area contributed by atoms with E-state index >= 15 is 0 Å². The third-order valence-electron chi connectivity index (χ3n) is 2.66. The lowest BCUT2D eigenvalue weighted by Crippen LogP contribution is -2.24. The Balaban J connectivity index is 2.59. The highest BCUT2D eigenvalue weighted by Gasteiger charge is 2.12. The molecule has 1 rings (SSSR count). The van der Waals surface area contributed by atoms with Gasteiger partial charge in [-0.3, -0.25) is 0 Å². The van der Waals surface area contributed by atoms with Crippen molar-refractivity contribution in [1.82, 2.24) is 9.97 Å². The Morgan fingerprint density at radius 2 is 2.06 bits per heavy atom. The van der Waals surface area contributed by atoms with Crippen LogP contribution in [0.2, 0.25) is 0 Å². The summed E-state index contributed by atoms with van der Waals surface area (Å²) in [7, 11) is 2.07. The molecule has 0 saturated carbocycles. The lowest BCUT2D eigenvalue weighted by atomic mass is 9.92. The molecular weight excluding hydrogens is 244 g/mol. The molecule has 1 heterocycles. The van der Waals surface area contributed by atoms with Crippen LogP contribution in [-0.2, 0) is 0 Å². The first-order valence-electron chi connectivity index (χ1n) is 6.30. The number of nitrogens with zero attached hydrogens (tertiary/aromatic N) is 3. The summed E-state index contributed by atoms with van der Waals surface area (Å²) in [6, 6.07) is 1.98. The predicted molar refractivity (Wildman–Crippen MR) is 81.7 cm³/mol. The van der Waals surface area contributed by atoms with Crippen LogP contribution >= 0.6 is 12.6 Å². The van der Waals surface area contributed by atoms with E-state index < -0.39 is 0 Å². The number of thiol groups is 1. The number of anilines is 2. The van der Waals surface area contributed by atoms with Crippen molar-refractivity contribution in [2.24, 2.45) is 5.41 Å².